The Morgan fingerprint density at radius 2 is 1.81 bits per heavy atom. The molecule has 0 amide bonds. The van der Waals surface area contributed by atoms with Crippen molar-refractivity contribution in [2.45, 2.75) is 38.5 Å². The predicted molar refractivity (Wildman–Crippen MR) is 126 cm³/mol. The maximum atomic E-state index is 4.60. The van der Waals surface area contributed by atoms with Crippen LogP contribution in [0, 0.1) is 11.8 Å². The van der Waals surface area contributed by atoms with Crippen LogP contribution in [0.1, 0.15) is 44.1 Å². The van der Waals surface area contributed by atoms with Gasteiger partial charge in [-0.2, -0.15) is 0 Å². The highest BCUT2D eigenvalue weighted by molar-refractivity contribution is 14.0. The zero-order valence-corrected chi connectivity index (χ0v) is 19.6. The molecule has 0 aliphatic carbocycles. The summed E-state index contributed by atoms with van der Waals surface area (Å²) in [6.45, 7) is 8.07. The third kappa shape index (κ3) is 6.08. The SMILES string of the molecule is CCC1CN(C(=NC)NCC2CCN(C)CC2)CCC1c1ccccc1.I. The molecule has 27 heavy (non-hydrogen) atoms. The van der Waals surface area contributed by atoms with Crippen LogP contribution < -0.4 is 5.32 Å². The smallest absolute Gasteiger partial charge is 0.193 e. The Balaban J connectivity index is 0.00000261. The first kappa shape index (κ1) is 22.5. The molecule has 2 fully saturated rings. The van der Waals surface area contributed by atoms with E-state index in [4.69, 9.17) is 0 Å². The molecule has 5 heteroatoms. The predicted octanol–water partition coefficient (Wildman–Crippen LogP) is 4.04. The lowest BCUT2D eigenvalue weighted by atomic mass is 9.79. The molecule has 0 radical (unpaired) electrons. The monoisotopic (exact) mass is 484 g/mol. The Kier molecular flexibility index (Phi) is 9.36. The third-order valence-corrected chi connectivity index (χ3v) is 6.38. The van der Waals surface area contributed by atoms with Crippen LogP contribution >= 0.6 is 24.0 Å². The lowest BCUT2D eigenvalue weighted by molar-refractivity contribution is 0.206. The molecule has 2 saturated heterocycles. The molecule has 2 aliphatic heterocycles. The molecule has 1 aromatic carbocycles. The third-order valence-electron chi connectivity index (χ3n) is 6.38. The molecule has 3 rings (SSSR count). The van der Waals surface area contributed by atoms with E-state index in [1.807, 2.05) is 7.05 Å². The summed E-state index contributed by atoms with van der Waals surface area (Å²) >= 11 is 0. The van der Waals surface area contributed by atoms with Crippen LogP contribution in [0.2, 0.25) is 0 Å². The first-order chi connectivity index (χ1) is 12.7. The molecule has 1 aromatic rings. The summed E-state index contributed by atoms with van der Waals surface area (Å²) in [5.74, 6) is 3.28. The van der Waals surface area contributed by atoms with Gasteiger partial charge in [0.1, 0.15) is 0 Å². The van der Waals surface area contributed by atoms with Gasteiger partial charge in [0, 0.05) is 26.7 Å². The van der Waals surface area contributed by atoms with Crippen molar-refractivity contribution in [1.29, 1.82) is 0 Å². The van der Waals surface area contributed by atoms with Gasteiger partial charge in [-0.05, 0) is 62.7 Å². The number of piperidine rings is 2. The van der Waals surface area contributed by atoms with Crippen molar-refractivity contribution in [2.24, 2.45) is 16.8 Å². The van der Waals surface area contributed by atoms with Gasteiger partial charge in [0.25, 0.3) is 0 Å². The minimum absolute atomic E-state index is 0. The molecule has 0 saturated carbocycles. The molecule has 2 atom stereocenters. The largest absolute Gasteiger partial charge is 0.356 e. The van der Waals surface area contributed by atoms with Gasteiger partial charge in [0.05, 0.1) is 0 Å². The summed E-state index contributed by atoms with van der Waals surface area (Å²) in [5.41, 5.74) is 1.51. The lowest BCUT2D eigenvalue weighted by Gasteiger charge is -2.40. The van der Waals surface area contributed by atoms with Crippen LogP contribution in [0.4, 0.5) is 0 Å². The second-order valence-corrected chi connectivity index (χ2v) is 8.09. The van der Waals surface area contributed by atoms with Gasteiger partial charge in [0.2, 0.25) is 0 Å². The van der Waals surface area contributed by atoms with Crippen LogP contribution in [0.15, 0.2) is 35.3 Å². The molecule has 4 nitrogen and oxygen atoms in total. The second-order valence-electron chi connectivity index (χ2n) is 8.09. The normalized spacial score (nSPS) is 25.1. The summed E-state index contributed by atoms with van der Waals surface area (Å²) in [6.07, 6.45) is 5.04. The van der Waals surface area contributed by atoms with E-state index in [9.17, 15) is 0 Å². The molecular formula is C22H37IN4. The topological polar surface area (TPSA) is 30.9 Å². The number of hydrogen-bond acceptors (Lipinski definition) is 2. The maximum absolute atomic E-state index is 4.60. The van der Waals surface area contributed by atoms with Crippen molar-refractivity contribution in [3.8, 4) is 0 Å². The summed E-state index contributed by atoms with van der Waals surface area (Å²) in [4.78, 5) is 9.52. The summed E-state index contributed by atoms with van der Waals surface area (Å²) in [6, 6.07) is 11.1. The first-order valence-corrected chi connectivity index (χ1v) is 10.4. The number of benzene rings is 1. The van der Waals surface area contributed by atoms with E-state index in [1.165, 1.54) is 44.3 Å². The van der Waals surface area contributed by atoms with Gasteiger partial charge in [-0.1, -0.05) is 43.7 Å². The van der Waals surface area contributed by atoms with E-state index < -0.39 is 0 Å². The fraction of sp³-hybridized carbons (Fsp3) is 0.682. The molecule has 2 heterocycles. The maximum Gasteiger partial charge on any atom is 0.193 e. The summed E-state index contributed by atoms with van der Waals surface area (Å²) in [5, 5.41) is 3.68. The average Bonchev–Trinajstić information content (AvgIpc) is 2.70. The van der Waals surface area contributed by atoms with Crippen molar-refractivity contribution in [1.82, 2.24) is 15.1 Å². The molecule has 0 aromatic heterocycles. The quantitative estimate of drug-likeness (QED) is 0.398. The van der Waals surface area contributed by atoms with Crippen LogP contribution in [-0.4, -0.2) is 62.6 Å². The van der Waals surface area contributed by atoms with E-state index >= 15 is 0 Å². The lowest BCUT2D eigenvalue weighted by Crippen LogP contribution is -2.49. The van der Waals surface area contributed by atoms with Crippen molar-refractivity contribution < 1.29 is 0 Å². The molecule has 1 N–H and O–H groups in total. The Hall–Kier alpha value is -0.820. The molecule has 0 spiro atoms. The van der Waals surface area contributed by atoms with E-state index in [0.29, 0.717) is 11.8 Å². The Morgan fingerprint density at radius 3 is 2.44 bits per heavy atom. The highest BCUT2D eigenvalue weighted by atomic mass is 127. The van der Waals surface area contributed by atoms with Crippen LogP contribution in [0.5, 0.6) is 0 Å². The highest BCUT2D eigenvalue weighted by Crippen LogP contribution is 2.34. The Bertz CT molecular complexity index is 569. The van der Waals surface area contributed by atoms with Gasteiger partial charge in [0.15, 0.2) is 5.96 Å². The number of aliphatic imine (C=N–C) groups is 1. The van der Waals surface area contributed by atoms with Crippen LogP contribution in [0.3, 0.4) is 0 Å². The Morgan fingerprint density at radius 1 is 1.11 bits per heavy atom. The summed E-state index contributed by atoms with van der Waals surface area (Å²) < 4.78 is 0. The number of hydrogen-bond donors (Lipinski definition) is 1. The number of halogens is 1. The van der Waals surface area contributed by atoms with Crippen molar-refractivity contribution >= 4 is 29.9 Å². The van der Waals surface area contributed by atoms with Gasteiger partial charge in [-0.3, -0.25) is 4.99 Å². The minimum atomic E-state index is 0. The fourth-order valence-corrected chi connectivity index (χ4v) is 4.61. The first-order valence-electron chi connectivity index (χ1n) is 10.4. The van der Waals surface area contributed by atoms with Gasteiger partial charge < -0.3 is 15.1 Å². The Labute approximate surface area is 182 Å². The average molecular weight is 484 g/mol. The van der Waals surface area contributed by atoms with Gasteiger partial charge in [-0.25, -0.2) is 0 Å². The second kappa shape index (κ2) is 11.2. The molecule has 2 aliphatic rings. The summed E-state index contributed by atoms with van der Waals surface area (Å²) in [7, 11) is 4.16. The molecule has 2 unspecified atom stereocenters. The minimum Gasteiger partial charge on any atom is -0.356 e. The van der Waals surface area contributed by atoms with Crippen molar-refractivity contribution in [3.05, 3.63) is 35.9 Å². The van der Waals surface area contributed by atoms with Crippen molar-refractivity contribution in [2.75, 3.05) is 46.8 Å². The van der Waals surface area contributed by atoms with E-state index in [1.54, 1.807) is 0 Å². The van der Waals surface area contributed by atoms with Crippen LogP contribution in [-0.2, 0) is 0 Å². The number of guanidine groups is 1. The molecule has 0 bridgehead atoms. The molecule has 152 valence electrons. The standard InChI is InChI=1S/C22H36N4.HI/c1-4-19-17-26(15-12-21(19)20-8-6-5-7-9-20)22(23-2)24-16-18-10-13-25(3)14-11-18;/h5-9,18-19,21H,4,10-17H2,1-3H3,(H,23,24);1H. The van der Waals surface area contributed by atoms with E-state index in [-0.39, 0.29) is 24.0 Å². The van der Waals surface area contributed by atoms with Crippen molar-refractivity contribution in [3.63, 3.8) is 0 Å². The fourth-order valence-electron chi connectivity index (χ4n) is 4.61. The van der Waals surface area contributed by atoms with Gasteiger partial charge >= 0.3 is 0 Å². The van der Waals surface area contributed by atoms with Crippen LogP contribution in [0.25, 0.3) is 0 Å². The highest BCUT2D eigenvalue weighted by Gasteiger charge is 2.30. The zero-order valence-electron chi connectivity index (χ0n) is 17.2. The van der Waals surface area contributed by atoms with E-state index in [2.05, 4.69) is 64.4 Å². The van der Waals surface area contributed by atoms with Gasteiger partial charge in [-0.15, -0.1) is 24.0 Å². The molecular weight excluding hydrogens is 447 g/mol. The number of nitrogens with zero attached hydrogens (tertiary/aromatic N) is 3. The number of likely N-dealkylation sites (tertiary alicyclic amines) is 2. The van der Waals surface area contributed by atoms with E-state index in [0.717, 1.165) is 31.5 Å². The number of rotatable bonds is 4. The zero-order chi connectivity index (χ0) is 18.4. The number of nitrogens with one attached hydrogen (secondary N) is 1.